The van der Waals surface area contributed by atoms with Crippen LogP contribution in [0.2, 0.25) is 0 Å². The van der Waals surface area contributed by atoms with Crippen molar-refractivity contribution in [3.63, 3.8) is 0 Å². The van der Waals surface area contributed by atoms with Crippen LogP contribution in [0.15, 0.2) is 36.5 Å². The maximum atomic E-state index is 5.98. The van der Waals surface area contributed by atoms with Crippen LogP contribution in [0.4, 0.5) is 5.95 Å². The van der Waals surface area contributed by atoms with Crippen LogP contribution in [0.25, 0.3) is 11.3 Å². The van der Waals surface area contributed by atoms with Crippen molar-refractivity contribution in [3.05, 3.63) is 36.5 Å². The summed E-state index contributed by atoms with van der Waals surface area (Å²) in [6.45, 7) is 1.06. The summed E-state index contributed by atoms with van der Waals surface area (Å²) < 4.78 is 16.9. The SMILES string of the molecule is COc1ccccc1-c1ccnc(NC2COC3C(N)COC23)n1. The third-order valence-corrected chi connectivity index (χ3v) is 4.44. The number of nitrogens with zero attached hydrogens (tertiary/aromatic N) is 2. The van der Waals surface area contributed by atoms with E-state index in [1.807, 2.05) is 30.3 Å². The van der Waals surface area contributed by atoms with Gasteiger partial charge in [0.05, 0.1) is 38.1 Å². The lowest BCUT2D eigenvalue weighted by Gasteiger charge is -2.17. The summed E-state index contributed by atoms with van der Waals surface area (Å²) in [4.78, 5) is 8.92. The molecule has 2 aliphatic rings. The zero-order valence-electron chi connectivity index (χ0n) is 13.4. The Labute approximate surface area is 140 Å². The largest absolute Gasteiger partial charge is 0.496 e. The van der Waals surface area contributed by atoms with Crippen molar-refractivity contribution in [2.24, 2.45) is 5.73 Å². The van der Waals surface area contributed by atoms with E-state index in [-0.39, 0.29) is 24.3 Å². The predicted molar refractivity (Wildman–Crippen MR) is 88.9 cm³/mol. The molecular formula is C17H20N4O3. The number of benzene rings is 1. The summed E-state index contributed by atoms with van der Waals surface area (Å²) in [7, 11) is 1.65. The lowest BCUT2D eigenvalue weighted by Crippen LogP contribution is -2.39. The Morgan fingerprint density at radius 1 is 1.17 bits per heavy atom. The van der Waals surface area contributed by atoms with E-state index in [0.717, 1.165) is 17.0 Å². The van der Waals surface area contributed by atoms with Crippen molar-refractivity contribution in [3.8, 4) is 17.0 Å². The summed E-state index contributed by atoms with van der Waals surface area (Å²) in [6.07, 6.45) is 1.62. The van der Waals surface area contributed by atoms with E-state index in [9.17, 15) is 0 Å². The lowest BCUT2D eigenvalue weighted by molar-refractivity contribution is 0.0698. The van der Waals surface area contributed by atoms with Crippen molar-refractivity contribution in [1.82, 2.24) is 9.97 Å². The highest BCUT2D eigenvalue weighted by molar-refractivity contribution is 5.67. The molecule has 3 N–H and O–H groups in total. The lowest BCUT2D eigenvalue weighted by atomic mass is 10.1. The van der Waals surface area contributed by atoms with Crippen LogP contribution in [0.3, 0.4) is 0 Å². The molecule has 126 valence electrons. The molecule has 2 saturated heterocycles. The zero-order valence-corrected chi connectivity index (χ0v) is 13.4. The molecule has 1 aromatic heterocycles. The molecule has 4 rings (SSSR count). The molecule has 1 aromatic carbocycles. The van der Waals surface area contributed by atoms with E-state index in [2.05, 4.69) is 15.3 Å². The van der Waals surface area contributed by atoms with Crippen LogP contribution in [0.5, 0.6) is 5.75 Å². The topological polar surface area (TPSA) is 91.5 Å². The van der Waals surface area contributed by atoms with Gasteiger partial charge in [0, 0.05) is 11.8 Å². The Balaban J connectivity index is 1.55. The molecule has 4 atom stereocenters. The van der Waals surface area contributed by atoms with E-state index >= 15 is 0 Å². The average molecular weight is 328 g/mol. The second-order valence-corrected chi connectivity index (χ2v) is 5.98. The van der Waals surface area contributed by atoms with Crippen molar-refractivity contribution in [2.75, 3.05) is 25.6 Å². The van der Waals surface area contributed by atoms with E-state index in [4.69, 9.17) is 19.9 Å². The minimum atomic E-state index is -0.0670. The molecule has 2 aromatic rings. The van der Waals surface area contributed by atoms with Gasteiger partial charge in [-0.1, -0.05) is 12.1 Å². The fraction of sp³-hybridized carbons (Fsp3) is 0.412. The minimum absolute atomic E-state index is 0.00327. The molecule has 24 heavy (non-hydrogen) atoms. The first kappa shape index (κ1) is 15.3. The van der Waals surface area contributed by atoms with Gasteiger partial charge in [-0.3, -0.25) is 0 Å². The molecule has 0 amide bonds. The van der Waals surface area contributed by atoms with Crippen LogP contribution in [-0.2, 0) is 9.47 Å². The van der Waals surface area contributed by atoms with Crippen molar-refractivity contribution in [1.29, 1.82) is 0 Å². The van der Waals surface area contributed by atoms with E-state index in [1.54, 1.807) is 13.3 Å². The Bertz CT molecular complexity index is 726. The number of anilines is 1. The molecule has 0 bridgehead atoms. The van der Waals surface area contributed by atoms with Crippen LogP contribution in [-0.4, -0.2) is 54.6 Å². The molecule has 4 unspecified atom stereocenters. The molecule has 2 aliphatic heterocycles. The summed E-state index contributed by atoms with van der Waals surface area (Å²) in [5.74, 6) is 1.31. The smallest absolute Gasteiger partial charge is 0.223 e. The summed E-state index contributed by atoms with van der Waals surface area (Å²) >= 11 is 0. The number of hydrogen-bond acceptors (Lipinski definition) is 7. The average Bonchev–Trinajstić information content (AvgIpc) is 3.19. The third kappa shape index (κ3) is 2.71. The first-order valence-electron chi connectivity index (χ1n) is 7.98. The first-order valence-corrected chi connectivity index (χ1v) is 7.98. The molecule has 0 aliphatic carbocycles. The number of ether oxygens (including phenoxy) is 3. The van der Waals surface area contributed by atoms with Gasteiger partial charge in [-0.2, -0.15) is 0 Å². The zero-order chi connectivity index (χ0) is 16.5. The van der Waals surface area contributed by atoms with Gasteiger partial charge in [-0.25, -0.2) is 9.97 Å². The predicted octanol–water partition coefficient (Wildman–Crippen LogP) is 1.06. The van der Waals surface area contributed by atoms with Gasteiger partial charge in [0.2, 0.25) is 5.95 Å². The second-order valence-electron chi connectivity index (χ2n) is 5.98. The number of nitrogens with two attached hydrogens (primary N) is 1. The van der Waals surface area contributed by atoms with Crippen molar-refractivity contribution in [2.45, 2.75) is 24.3 Å². The normalized spacial score (nSPS) is 28.6. The van der Waals surface area contributed by atoms with Crippen LogP contribution >= 0.6 is 0 Å². The first-order chi connectivity index (χ1) is 11.8. The summed E-state index contributed by atoms with van der Waals surface area (Å²) in [6, 6.07) is 9.56. The standard InChI is InChI=1S/C17H20N4O3/c1-22-14-5-3-2-4-10(14)12-6-7-19-17(20-12)21-13-9-24-15-11(18)8-23-16(13)15/h2-7,11,13,15-16H,8-9,18H2,1H3,(H,19,20,21). The molecule has 7 heteroatoms. The summed E-state index contributed by atoms with van der Waals surface area (Å²) in [5, 5.41) is 3.31. The quantitative estimate of drug-likeness (QED) is 0.867. The number of aromatic nitrogens is 2. The Kier molecular flexibility index (Phi) is 4.05. The Morgan fingerprint density at radius 2 is 2.00 bits per heavy atom. The maximum absolute atomic E-state index is 5.98. The van der Waals surface area contributed by atoms with Gasteiger partial charge in [-0.05, 0) is 18.2 Å². The minimum Gasteiger partial charge on any atom is -0.496 e. The van der Waals surface area contributed by atoms with Gasteiger partial charge in [0.1, 0.15) is 18.0 Å². The van der Waals surface area contributed by atoms with Crippen LogP contribution < -0.4 is 15.8 Å². The highest BCUT2D eigenvalue weighted by atomic mass is 16.6. The Hall–Kier alpha value is -2.22. The van der Waals surface area contributed by atoms with E-state index < -0.39 is 0 Å². The van der Waals surface area contributed by atoms with Crippen molar-refractivity contribution >= 4 is 5.95 Å². The van der Waals surface area contributed by atoms with Crippen molar-refractivity contribution < 1.29 is 14.2 Å². The van der Waals surface area contributed by atoms with E-state index in [0.29, 0.717) is 19.2 Å². The van der Waals surface area contributed by atoms with Gasteiger partial charge in [-0.15, -0.1) is 0 Å². The monoisotopic (exact) mass is 328 g/mol. The molecule has 0 spiro atoms. The van der Waals surface area contributed by atoms with Crippen LogP contribution in [0, 0.1) is 0 Å². The van der Waals surface area contributed by atoms with Gasteiger partial charge in [0.25, 0.3) is 0 Å². The molecule has 2 fully saturated rings. The maximum Gasteiger partial charge on any atom is 0.223 e. The number of methoxy groups -OCH3 is 1. The molecular weight excluding hydrogens is 308 g/mol. The number of rotatable bonds is 4. The number of nitrogens with one attached hydrogen (secondary N) is 1. The van der Waals surface area contributed by atoms with Gasteiger partial charge in [0.15, 0.2) is 0 Å². The van der Waals surface area contributed by atoms with Gasteiger partial charge < -0.3 is 25.3 Å². The second kappa shape index (κ2) is 6.35. The van der Waals surface area contributed by atoms with Crippen LogP contribution in [0.1, 0.15) is 0 Å². The van der Waals surface area contributed by atoms with Gasteiger partial charge >= 0.3 is 0 Å². The Morgan fingerprint density at radius 3 is 2.88 bits per heavy atom. The molecule has 0 radical (unpaired) electrons. The van der Waals surface area contributed by atoms with E-state index in [1.165, 1.54) is 0 Å². The third-order valence-electron chi connectivity index (χ3n) is 4.44. The number of fused-ring (bicyclic) bond motifs is 1. The summed E-state index contributed by atoms with van der Waals surface area (Å²) in [5.41, 5.74) is 7.70. The molecule has 3 heterocycles. The number of hydrogen-bond donors (Lipinski definition) is 2. The number of para-hydroxylation sites is 1. The fourth-order valence-corrected chi connectivity index (χ4v) is 3.25. The fourth-order valence-electron chi connectivity index (χ4n) is 3.25. The highest BCUT2D eigenvalue weighted by Gasteiger charge is 2.46. The molecule has 0 saturated carbocycles. The highest BCUT2D eigenvalue weighted by Crippen LogP contribution is 2.30. The molecule has 7 nitrogen and oxygen atoms in total.